The lowest BCUT2D eigenvalue weighted by Gasteiger charge is -2.38. The van der Waals surface area contributed by atoms with Crippen LogP contribution < -0.4 is 5.32 Å². The van der Waals surface area contributed by atoms with Crippen LogP contribution in [0.25, 0.3) is 22.6 Å². The number of nitrogens with zero attached hydrogens (tertiary/aromatic N) is 8. The van der Waals surface area contributed by atoms with Crippen molar-refractivity contribution in [1.82, 2.24) is 40.0 Å². The maximum atomic E-state index is 14.8. The van der Waals surface area contributed by atoms with E-state index in [2.05, 4.69) is 35.6 Å². The molecule has 0 spiro atoms. The highest BCUT2D eigenvalue weighted by Gasteiger charge is 2.33. The molecule has 1 atom stereocenters. The fraction of sp³-hybridized carbons (Fsp3) is 0.250. The third-order valence-corrected chi connectivity index (χ3v) is 6.87. The van der Waals surface area contributed by atoms with Gasteiger partial charge in [-0.2, -0.15) is 4.80 Å². The molecule has 12 nitrogen and oxygen atoms in total. The number of tetrazole rings is 1. The van der Waals surface area contributed by atoms with Crippen molar-refractivity contribution in [1.29, 1.82) is 0 Å². The molecule has 1 fully saturated rings. The zero-order valence-electron chi connectivity index (χ0n) is 22.4. The van der Waals surface area contributed by atoms with Crippen molar-refractivity contribution >= 4 is 28.6 Å². The Kier molecular flexibility index (Phi) is 6.93. The van der Waals surface area contributed by atoms with E-state index >= 15 is 0 Å². The molecule has 5 aromatic rings. The number of piperazine rings is 1. The smallest absolute Gasteiger partial charge is 0.272 e. The van der Waals surface area contributed by atoms with Crippen LogP contribution >= 0.6 is 0 Å². The molecule has 208 valence electrons. The number of anilines is 1. The van der Waals surface area contributed by atoms with Gasteiger partial charge in [0.05, 0.1) is 7.05 Å². The minimum absolute atomic E-state index is 0.181. The van der Waals surface area contributed by atoms with E-state index in [1.54, 1.807) is 66.7 Å². The number of carbonyl (C=O) groups is 2. The lowest BCUT2D eigenvalue weighted by molar-refractivity contribution is -0.114. The molecule has 1 saturated heterocycles. The Balaban J connectivity index is 1.19. The van der Waals surface area contributed by atoms with E-state index in [-0.39, 0.29) is 23.3 Å². The standard InChI is InChI=1S/C28H26FN9O3/c1-17(39)31-19-7-8-24-22(16-19)32-27(41-24)18-9-10-30-23(15-18)28(40)38-13-11-37(12-14-38)25(26-33-35-36(2)34-26)20-5-3-4-6-21(20)29/h3-10,15-16,25H,11-14H2,1-2H3,(H,31,39)/t25-/m1/s1. The van der Waals surface area contributed by atoms with Gasteiger partial charge in [0.1, 0.15) is 23.1 Å². The van der Waals surface area contributed by atoms with E-state index in [1.165, 1.54) is 17.8 Å². The molecule has 1 aliphatic heterocycles. The largest absolute Gasteiger partial charge is 0.436 e. The summed E-state index contributed by atoms with van der Waals surface area (Å²) in [4.78, 5) is 38.8. The molecule has 6 rings (SSSR count). The Hall–Kier alpha value is -5.04. The number of carbonyl (C=O) groups excluding carboxylic acids is 2. The summed E-state index contributed by atoms with van der Waals surface area (Å²) < 4.78 is 20.7. The normalized spacial score (nSPS) is 14.8. The van der Waals surface area contributed by atoms with Crippen molar-refractivity contribution < 1.29 is 18.4 Å². The summed E-state index contributed by atoms with van der Waals surface area (Å²) in [6, 6.07) is 14.6. The van der Waals surface area contributed by atoms with Crippen LogP contribution in [0.5, 0.6) is 0 Å². The Bertz CT molecular complexity index is 1740. The van der Waals surface area contributed by atoms with Gasteiger partial charge < -0.3 is 14.6 Å². The van der Waals surface area contributed by atoms with Gasteiger partial charge in [0.25, 0.3) is 5.91 Å². The molecule has 1 N–H and O–H groups in total. The van der Waals surface area contributed by atoms with E-state index < -0.39 is 6.04 Å². The summed E-state index contributed by atoms with van der Waals surface area (Å²) in [5.41, 5.74) is 3.07. The quantitative estimate of drug-likeness (QED) is 0.335. The third-order valence-electron chi connectivity index (χ3n) is 6.87. The van der Waals surface area contributed by atoms with Gasteiger partial charge in [-0.05, 0) is 41.6 Å². The van der Waals surface area contributed by atoms with Crippen LogP contribution in [0.3, 0.4) is 0 Å². The van der Waals surface area contributed by atoms with Crippen LogP contribution in [0.1, 0.15) is 34.8 Å². The number of aryl methyl sites for hydroxylation is 1. The van der Waals surface area contributed by atoms with Crippen molar-refractivity contribution in [2.24, 2.45) is 7.05 Å². The SMILES string of the molecule is CC(=O)Nc1ccc2oc(-c3ccnc(C(=O)N4CCN([C@@H](c5nnn(C)n5)c5ccccc5F)CC4)c3)nc2c1. The zero-order chi connectivity index (χ0) is 28.5. The molecule has 41 heavy (non-hydrogen) atoms. The summed E-state index contributed by atoms with van der Waals surface area (Å²) in [6.07, 6.45) is 1.55. The number of hydrogen-bond acceptors (Lipinski definition) is 9. The van der Waals surface area contributed by atoms with Gasteiger partial charge in [0.15, 0.2) is 11.4 Å². The summed E-state index contributed by atoms with van der Waals surface area (Å²) in [5.74, 6) is -0.0234. The predicted molar refractivity (Wildman–Crippen MR) is 146 cm³/mol. The zero-order valence-corrected chi connectivity index (χ0v) is 22.4. The number of hydrogen-bond donors (Lipinski definition) is 1. The number of rotatable bonds is 6. The number of nitrogens with one attached hydrogen (secondary N) is 1. The van der Waals surface area contributed by atoms with E-state index in [1.807, 2.05) is 0 Å². The molecule has 3 aromatic heterocycles. The molecule has 0 radical (unpaired) electrons. The van der Waals surface area contributed by atoms with E-state index in [4.69, 9.17) is 4.42 Å². The van der Waals surface area contributed by atoms with Gasteiger partial charge in [0, 0.05) is 56.1 Å². The van der Waals surface area contributed by atoms with E-state index in [0.29, 0.717) is 65.8 Å². The van der Waals surface area contributed by atoms with Crippen molar-refractivity contribution in [2.45, 2.75) is 13.0 Å². The minimum atomic E-state index is -0.533. The first-order chi connectivity index (χ1) is 19.9. The molecule has 4 heterocycles. The number of fused-ring (bicyclic) bond motifs is 1. The second kappa shape index (κ2) is 10.8. The van der Waals surface area contributed by atoms with Gasteiger partial charge >= 0.3 is 0 Å². The minimum Gasteiger partial charge on any atom is -0.436 e. The highest BCUT2D eigenvalue weighted by atomic mass is 19.1. The fourth-order valence-electron chi connectivity index (χ4n) is 4.96. The maximum Gasteiger partial charge on any atom is 0.272 e. The number of halogens is 1. The van der Waals surface area contributed by atoms with Crippen molar-refractivity contribution in [2.75, 3.05) is 31.5 Å². The molecule has 0 unspecified atom stereocenters. The predicted octanol–water partition coefficient (Wildman–Crippen LogP) is 3.06. The first-order valence-corrected chi connectivity index (χ1v) is 13.0. The number of oxazole rings is 1. The molecule has 0 aliphatic carbocycles. The van der Waals surface area contributed by atoms with Crippen LogP contribution in [-0.2, 0) is 11.8 Å². The average Bonchev–Trinajstić information content (AvgIpc) is 3.60. The van der Waals surface area contributed by atoms with Gasteiger partial charge in [-0.15, -0.1) is 10.2 Å². The summed E-state index contributed by atoms with van der Waals surface area (Å²) in [5, 5.41) is 15.2. The van der Waals surface area contributed by atoms with Gasteiger partial charge in [0.2, 0.25) is 11.8 Å². The number of pyridine rings is 1. The highest BCUT2D eigenvalue weighted by molar-refractivity contribution is 5.94. The Morgan fingerprint density at radius 3 is 2.59 bits per heavy atom. The Labute approximate surface area is 233 Å². The Morgan fingerprint density at radius 1 is 1.05 bits per heavy atom. The number of amides is 2. The highest BCUT2D eigenvalue weighted by Crippen LogP contribution is 2.30. The number of benzene rings is 2. The Morgan fingerprint density at radius 2 is 1.85 bits per heavy atom. The molecular formula is C28H26FN9O3. The molecule has 2 amide bonds. The summed E-state index contributed by atoms with van der Waals surface area (Å²) >= 11 is 0. The average molecular weight is 556 g/mol. The first kappa shape index (κ1) is 26.2. The van der Waals surface area contributed by atoms with Gasteiger partial charge in [-0.25, -0.2) is 9.37 Å². The van der Waals surface area contributed by atoms with Crippen LogP contribution in [-0.4, -0.2) is 78.0 Å². The molecule has 0 bridgehead atoms. The topological polar surface area (TPSA) is 135 Å². The lowest BCUT2D eigenvalue weighted by atomic mass is 10.0. The third kappa shape index (κ3) is 5.39. The molecule has 13 heteroatoms. The molecule has 2 aromatic carbocycles. The van der Waals surface area contributed by atoms with Crippen LogP contribution in [0.4, 0.5) is 10.1 Å². The van der Waals surface area contributed by atoms with Crippen molar-refractivity contribution in [3.8, 4) is 11.5 Å². The van der Waals surface area contributed by atoms with E-state index in [0.717, 1.165) is 0 Å². The van der Waals surface area contributed by atoms with Gasteiger partial charge in [-0.1, -0.05) is 18.2 Å². The van der Waals surface area contributed by atoms with Crippen molar-refractivity contribution in [3.05, 3.63) is 83.7 Å². The molecule has 0 saturated carbocycles. The fourth-order valence-corrected chi connectivity index (χ4v) is 4.96. The maximum absolute atomic E-state index is 14.8. The second-order valence-electron chi connectivity index (χ2n) is 9.70. The first-order valence-electron chi connectivity index (χ1n) is 13.0. The van der Waals surface area contributed by atoms with Crippen molar-refractivity contribution in [3.63, 3.8) is 0 Å². The van der Waals surface area contributed by atoms with Gasteiger partial charge in [-0.3, -0.25) is 19.5 Å². The second-order valence-corrected chi connectivity index (χ2v) is 9.70. The van der Waals surface area contributed by atoms with Crippen LogP contribution in [0, 0.1) is 5.82 Å². The monoisotopic (exact) mass is 555 g/mol. The van der Waals surface area contributed by atoms with Crippen LogP contribution in [0.15, 0.2) is 65.2 Å². The van der Waals surface area contributed by atoms with Crippen LogP contribution in [0.2, 0.25) is 0 Å². The van der Waals surface area contributed by atoms with E-state index in [9.17, 15) is 14.0 Å². The number of aromatic nitrogens is 6. The summed E-state index contributed by atoms with van der Waals surface area (Å²) in [6.45, 7) is 3.20. The lowest BCUT2D eigenvalue weighted by Crippen LogP contribution is -2.50. The summed E-state index contributed by atoms with van der Waals surface area (Å²) in [7, 11) is 1.66. The molecular weight excluding hydrogens is 529 g/mol. The molecule has 1 aliphatic rings.